The summed E-state index contributed by atoms with van der Waals surface area (Å²) in [6.45, 7) is 3.00. The van der Waals surface area contributed by atoms with E-state index in [2.05, 4.69) is 10.4 Å². The number of nitrogens with two attached hydrogens (primary N) is 1. The number of carbonyl (C=O) groups is 1. The fourth-order valence-electron chi connectivity index (χ4n) is 2.88. The highest BCUT2D eigenvalue weighted by Crippen LogP contribution is 2.28. The summed E-state index contributed by atoms with van der Waals surface area (Å²) >= 11 is 0. The second-order valence-corrected chi connectivity index (χ2v) is 6.04. The van der Waals surface area contributed by atoms with Crippen LogP contribution in [-0.4, -0.2) is 28.8 Å². The van der Waals surface area contributed by atoms with Crippen molar-refractivity contribution in [3.63, 3.8) is 0 Å². The summed E-state index contributed by atoms with van der Waals surface area (Å²) in [5.41, 5.74) is 8.24. The molecule has 5 nitrogen and oxygen atoms in total. The van der Waals surface area contributed by atoms with Gasteiger partial charge in [0.1, 0.15) is 11.5 Å². The van der Waals surface area contributed by atoms with Crippen LogP contribution in [0.25, 0.3) is 5.69 Å². The molecule has 1 aromatic heterocycles. The van der Waals surface area contributed by atoms with Gasteiger partial charge in [0.2, 0.25) is 0 Å². The molecule has 1 atom stereocenters. The summed E-state index contributed by atoms with van der Waals surface area (Å²) in [7, 11) is 0. The lowest BCUT2D eigenvalue weighted by Gasteiger charge is -2.09. The molecule has 3 N–H and O–H groups in total. The molecule has 0 spiro atoms. The van der Waals surface area contributed by atoms with E-state index in [0.717, 1.165) is 30.5 Å². The molecule has 3 rings (SSSR count). The Morgan fingerprint density at radius 1 is 1.43 bits per heavy atom. The monoisotopic (exact) mass is 316 g/mol. The Kier molecular flexibility index (Phi) is 4.43. The Morgan fingerprint density at radius 2 is 2.22 bits per heavy atom. The molecule has 1 aromatic carbocycles. The third-order valence-corrected chi connectivity index (χ3v) is 4.24. The van der Waals surface area contributed by atoms with Crippen LogP contribution in [0, 0.1) is 11.7 Å². The van der Waals surface area contributed by atoms with Gasteiger partial charge in [0.05, 0.1) is 0 Å². The van der Waals surface area contributed by atoms with Crippen LogP contribution in [0.5, 0.6) is 0 Å². The summed E-state index contributed by atoms with van der Waals surface area (Å²) < 4.78 is 15.7. The number of amides is 1. The molecule has 0 bridgehead atoms. The van der Waals surface area contributed by atoms with Gasteiger partial charge in [-0.1, -0.05) is 19.1 Å². The highest BCUT2D eigenvalue weighted by molar-refractivity contribution is 5.94. The average Bonchev–Trinajstić information content (AvgIpc) is 3.15. The van der Waals surface area contributed by atoms with Crippen LogP contribution in [0.3, 0.4) is 0 Å². The number of carbonyl (C=O) groups excluding carboxylic acids is 1. The zero-order chi connectivity index (χ0) is 16.4. The molecule has 6 heteroatoms. The largest absolute Gasteiger partial charge is 0.350 e. The zero-order valence-corrected chi connectivity index (χ0v) is 13.2. The Balaban J connectivity index is 1.93. The van der Waals surface area contributed by atoms with Crippen molar-refractivity contribution in [1.82, 2.24) is 15.1 Å². The number of hydrogen-bond donors (Lipinski definition) is 2. The van der Waals surface area contributed by atoms with Gasteiger partial charge in [-0.25, -0.2) is 9.07 Å². The molecule has 23 heavy (non-hydrogen) atoms. The van der Waals surface area contributed by atoms with Crippen molar-refractivity contribution in [2.45, 2.75) is 26.2 Å². The van der Waals surface area contributed by atoms with Crippen LogP contribution < -0.4 is 11.1 Å². The Labute approximate surface area is 134 Å². The van der Waals surface area contributed by atoms with Gasteiger partial charge >= 0.3 is 0 Å². The van der Waals surface area contributed by atoms with Crippen molar-refractivity contribution in [2.24, 2.45) is 11.7 Å². The van der Waals surface area contributed by atoms with E-state index in [1.54, 1.807) is 22.9 Å². The predicted octanol–water partition coefficient (Wildman–Crippen LogP) is 1.82. The minimum atomic E-state index is -0.339. The van der Waals surface area contributed by atoms with Gasteiger partial charge in [-0.2, -0.15) is 5.10 Å². The predicted molar refractivity (Wildman–Crippen MR) is 86.1 cm³/mol. The van der Waals surface area contributed by atoms with Crippen molar-refractivity contribution < 1.29 is 9.18 Å². The Bertz CT molecular complexity index is 725. The normalized spacial score (nSPS) is 14.6. The molecule has 2 aromatic rings. The molecule has 1 unspecified atom stereocenters. The number of halogens is 1. The first-order chi connectivity index (χ1) is 11.1. The number of aromatic nitrogens is 2. The van der Waals surface area contributed by atoms with E-state index in [1.165, 1.54) is 6.07 Å². The lowest BCUT2D eigenvalue weighted by Crippen LogP contribution is -2.32. The number of hydrogen-bond acceptors (Lipinski definition) is 3. The standard InChI is InChI=1S/C17H21FN4O/c1-11(9-19)10-20-17(23)16-12-5-4-8-14(12)22(21-16)15-7-3-2-6-13(15)18/h2-3,6-7,11H,4-5,8-10,19H2,1H3,(H,20,23). The quantitative estimate of drug-likeness (QED) is 0.884. The second-order valence-electron chi connectivity index (χ2n) is 6.04. The van der Waals surface area contributed by atoms with Crippen LogP contribution in [0.4, 0.5) is 4.39 Å². The molecule has 0 fully saturated rings. The summed E-state index contributed by atoms with van der Waals surface area (Å²) in [5, 5.41) is 7.27. The number of benzene rings is 1. The molecule has 1 aliphatic rings. The van der Waals surface area contributed by atoms with E-state index < -0.39 is 0 Å². The Hall–Kier alpha value is -2.21. The summed E-state index contributed by atoms with van der Waals surface area (Å²) in [4.78, 5) is 12.4. The fourth-order valence-corrected chi connectivity index (χ4v) is 2.88. The van der Waals surface area contributed by atoms with E-state index in [1.807, 2.05) is 6.92 Å². The first-order valence-electron chi connectivity index (χ1n) is 7.95. The van der Waals surface area contributed by atoms with Gasteiger partial charge in [-0.05, 0) is 43.9 Å². The SMILES string of the molecule is CC(CN)CNC(=O)c1nn(-c2ccccc2F)c2c1CCC2. The molecule has 122 valence electrons. The van der Waals surface area contributed by atoms with Gasteiger partial charge < -0.3 is 11.1 Å². The summed E-state index contributed by atoms with van der Waals surface area (Å²) in [6.07, 6.45) is 2.57. The molecule has 0 saturated carbocycles. The third kappa shape index (κ3) is 2.99. The van der Waals surface area contributed by atoms with Gasteiger partial charge in [0.25, 0.3) is 5.91 Å². The minimum absolute atomic E-state index is 0.209. The lowest BCUT2D eigenvalue weighted by molar-refractivity contribution is 0.0942. The van der Waals surface area contributed by atoms with Crippen LogP contribution in [0.15, 0.2) is 24.3 Å². The van der Waals surface area contributed by atoms with E-state index in [0.29, 0.717) is 24.5 Å². The first kappa shape index (κ1) is 15.7. The number of nitrogens with one attached hydrogen (secondary N) is 1. The van der Waals surface area contributed by atoms with Crippen molar-refractivity contribution in [2.75, 3.05) is 13.1 Å². The fraction of sp³-hybridized carbons (Fsp3) is 0.412. The molecular weight excluding hydrogens is 295 g/mol. The molecular formula is C17H21FN4O. The van der Waals surface area contributed by atoms with Crippen molar-refractivity contribution in [3.8, 4) is 5.69 Å². The topological polar surface area (TPSA) is 72.9 Å². The van der Waals surface area contributed by atoms with E-state index in [4.69, 9.17) is 5.73 Å². The molecule has 0 saturated heterocycles. The molecule has 1 heterocycles. The number of nitrogens with zero attached hydrogens (tertiary/aromatic N) is 2. The zero-order valence-electron chi connectivity index (χ0n) is 13.2. The lowest BCUT2D eigenvalue weighted by atomic mass is 10.1. The van der Waals surface area contributed by atoms with Crippen molar-refractivity contribution in [3.05, 3.63) is 47.0 Å². The van der Waals surface area contributed by atoms with Gasteiger partial charge in [0, 0.05) is 17.8 Å². The van der Waals surface area contributed by atoms with Crippen LogP contribution in [0.1, 0.15) is 35.1 Å². The van der Waals surface area contributed by atoms with Crippen LogP contribution in [0.2, 0.25) is 0 Å². The summed E-state index contributed by atoms with van der Waals surface area (Å²) in [5.74, 6) is -0.340. The molecule has 1 amide bonds. The maximum absolute atomic E-state index is 14.1. The van der Waals surface area contributed by atoms with Gasteiger partial charge in [-0.15, -0.1) is 0 Å². The smallest absolute Gasteiger partial charge is 0.272 e. The number of fused-ring (bicyclic) bond motifs is 1. The average molecular weight is 316 g/mol. The first-order valence-corrected chi connectivity index (χ1v) is 7.95. The van der Waals surface area contributed by atoms with E-state index in [-0.39, 0.29) is 17.6 Å². The Morgan fingerprint density at radius 3 is 2.96 bits per heavy atom. The second kappa shape index (κ2) is 6.50. The highest BCUT2D eigenvalue weighted by Gasteiger charge is 2.27. The van der Waals surface area contributed by atoms with Crippen molar-refractivity contribution in [1.29, 1.82) is 0 Å². The molecule has 1 aliphatic carbocycles. The van der Waals surface area contributed by atoms with E-state index >= 15 is 0 Å². The van der Waals surface area contributed by atoms with Gasteiger partial charge in [0.15, 0.2) is 5.69 Å². The summed E-state index contributed by atoms with van der Waals surface area (Å²) in [6, 6.07) is 6.49. The van der Waals surface area contributed by atoms with Gasteiger partial charge in [-0.3, -0.25) is 4.79 Å². The molecule has 0 aliphatic heterocycles. The van der Waals surface area contributed by atoms with Crippen LogP contribution in [-0.2, 0) is 12.8 Å². The third-order valence-electron chi connectivity index (χ3n) is 4.24. The minimum Gasteiger partial charge on any atom is -0.350 e. The van der Waals surface area contributed by atoms with E-state index in [9.17, 15) is 9.18 Å². The molecule has 0 radical (unpaired) electrons. The maximum atomic E-state index is 14.1. The number of rotatable bonds is 5. The highest BCUT2D eigenvalue weighted by atomic mass is 19.1. The maximum Gasteiger partial charge on any atom is 0.272 e. The van der Waals surface area contributed by atoms with Crippen molar-refractivity contribution >= 4 is 5.91 Å². The number of para-hydroxylation sites is 1. The van der Waals surface area contributed by atoms with Crippen LogP contribution >= 0.6 is 0 Å².